The maximum Gasteiger partial charge on any atom is 0.237 e. The number of aryl methyl sites for hydroxylation is 1. The minimum atomic E-state index is -0.536. The smallest absolute Gasteiger partial charge is 0.237 e. The fourth-order valence-electron chi connectivity index (χ4n) is 1.83. The topological polar surface area (TPSA) is 72.9 Å². The molecule has 0 unspecified atom stereocenters. The molecule has 19 heavy (non-hydrogen) atoms. The van der Waals surface area contributed by atoms with Crippen molar-refractivity contribution in [3.63, 3.8) is 0 Å². The molecule has 0 fully saturated rings. The normalized spacial score (nSPS) is 12.1. The molecule has 0 bridgehead atoms. The van der Waals surface area contributed by atoms with E-state index >= 15 is 0 Å². The summed E-state index contributed by atoms with van der Waals surface area (Å²) in [5.74, 6) is -0.158. The third-order valence-corrected chi connectivity index (χ3v) is 2.85. The maximum absolute atomic E-state index is 11.9. The molecule has 2 rings (SSSR count). The standard InChI is InChI=1S/C14H18N4O/c1-18-8-7-12(17-18)10-16-14(19)13(15)9-11-5-3-2-4-6-11/h2-8,13H,9-10,15H2,1H3,(H,16,19)/t13-/m0/s1. The highest BCUT2D eigenvalue weighted by molar-refractivity contribution is 5.81. The molecule has 1 aromatic carbocycles. The van der Waals surface area contributed by atoms with Gasteiger partial charge < -0.3 is 11.1 Å². The Morgan fingerprint density at radius 2 is 2.11 bits per heavy atom. The third-order valence-electron chi connectivity index (χ3n) is 2.85. The molecule has 1 aromatic heterocycles. The number of hydrogen-bond donors (Lipinski definition) is 2. The second-order valence-corrected chi connectivity index (χ2v) is 4.49. The molecule has 1 heterocycles. The van der Waals surface area contributed by atoms with Crippen molar-refractivity contribution in [2.24, 2.45) is 12.8 Å². The number of benzene rings is 1. The molecular weight excluding hydrogens is 240 g/mol. The number of carbonyl (C=O) groups is 1. The molecule has 0 saturated carbocycles. The first-order chi connectivity index (χ1) is 9.15. The van der Waals surface area contributed by atoms with E-state index in [9.17, 15) is 4.79 Å². The number of nitrogens with zero attached hydrogens (tertiary/aromatic N) is 2. The van der Waals surface area contributed by atoms with Gasteiger partial charge in [-0.1, -0.05) is 30.3 Å². The van der Waals surface area contributed by atoms with E-state index in [0.717, 1.165) is 11.3 Å². The number of amides is 1. The van der Waals surface area contributed by atoms with Gasteiger partial charge in [0.25, 0.3) is 0 Å². The Bertz CT molecular complexity index is 535. The van der Waals surface area contributed by atoms with Crippen LogP contribution >= 0.6 is 0 Å². The van der Waals surface area contributed by atoms with E-state index in [1.54, 1.807) is 4.68 Å². The first kappa shape index (κ1) is 13.3. The van der Waals surface area contributed by atoms with E-state index in [0.29, 0.717) is 13.0 Å². The quantitative estimate of drug-likeness (QED) is 0.825. The lowest BCUT2D eigenvalue weighted by molar-refractivity contribution is -0.122. The Labute approximate surface area is 112 Å². The molecule has 0 saturated heterocycles. The monoisotopic (exact) mass is 258 g/mol. The summed E-state index contributed by atoms with van der Waals surface area (Å²) < 4.78 is 1.70. The lowest BCUT2D eigenvalue weighted by Gasteiger charge is -2.11. The average Bonchev–Trinajstić information content (AvgIpc) is 2.83. The summed E-state index contributed by atoms with van der Waals surface area (Å²) in [6, 6.07) is 11.1. The van der Waals surface area contributed by atoms with E-state index in [1.807, 2.05) is 49.6 Å². The lowest BCUT2D eigenvalue weighted by atomic mass is 10.1. The van der Waals surface area contributed by atoms with E-state index in [2.05, 4.69) is 10.4 Å². The van der Waals surface area contributed by atoms with Crippen LogP contribution in [0.15, 0.2) is 42.6 Å². The Kier molecular flexibility index (Phi) is 4.30. The average molecular weight is 258 g/mol. The summed E-state index contributed by atoms with van der Waals surface area (Å²) in [4.78, 5) is 11.9. The van der Waals surface area contributed by atoms with Gasteiger partial charge in [0.1, 0.15) is 0 Å². The first-order valence-electron chi connectivity index (χ1n) is 6.21. The molecule has 0 spiro atoms. The fourth-order valence-corrected chi connectivity index (χ4v) is 1.83. The van der Waals surface area contributed by atoms with Crippen molar-refractivity contribution in [3.8, 4) is 0 Å². The predicted molar refractivity (Wildman–Crippen MR) is 73.2 cm³/mol. The molecular formula is C14H18N4O. The van der Waals surface area contributed by atoms with Gasteiger partial charge in [-0.05, 0) is 18.1 Å². The van der Waals surface area contributed by atoms with E-state index in [-0.39, 0.29) is 5.91 Å². The molecule has 5 heteroatoms. The molecule has 5 nitrogen and oxygen atoms in total. The van der Waals surface area contributed by atoms with Gasteiger partial charge >= 0.3 is 0 Å². The lowest BCUT2D eigenvalue weighted by Crippen LogP contribution is -2.41. The Morgan fingerprint density at radius 3 is 2.74 bits per heavy atom. The summed E-state index contributed by atoms with van der Waals surface area (Å²) in [6.45, 7) is 0.405. The minimum Gasteiger partial charge on any atom is -0.349 e. The van der Waals surface area contributed by atoms with Gasteiger partial charge in [-0.25, -0.2) is 0 Å². The zero-order valence-electron chi connectivity index (χ0n) is 10.9. The second kappa shape index (κ2) is 6.15. The van der Waals surface area contributed by atoms with Gasteiger partial charge in [0.2, 0.25) is 5.91 Å². The third kappa shape index (κ3) is 3.93. The summed E-state index contributed by atoms with van der Waals surface area (Å²) in [6.07, 6.45) is 2.38. The SMILES string of the molecule is Cn1ccc(CNC(=O)[C@@H](N)Cc2ccccc2)n1. The van der Waals surface area contributed by atoms with E-state index in [1.165, 1.54) is 0 Å². The summed E-state index contributed by atoms with van der Waals surface area (Å²) in [7, 11) is 1.84. The van der Waals surface area contributed by atoms with Crippen LogP contribution in [0.5, 0.6) is 0 Å². The number of carbonyl (C=O) groups excluding carboxylic acids is 1. The molecule has 3 N–H and O–H groups in total. The molecule has 2 aromatic rings. The molecule has 1 amide bonds. The van der Waals surface area contributed by atoms with Crippen molar-refractivity contribution in [1.29, 1.82) is 0 Å². The molecule has 0 aliphatic heterocycles. The molecule has 0 aliphatic rings. The summed E-state index contributed by atoms with van der Waals surface area (Å²) in [5, 5.41) is 6.98. The van der Waals surface area contributed by atoms with Gasteiger partial charge in [0, 0.05) is 13.2 Å². The predicted octanol–water partition coefficient (Wildman–Crippen LogP) is 0.606. The van der Waals surface area contributed by atoms with Crippen molar-refractivity contribution in [2.45, 2.75) is 19.0 Å². The van der Waals surface area contributed by atoms with E-state index in [4.69, 9.17) is 5.73 Å². The molecule has 0 aliphatic carbocycles. The van der Waals surface area contributed by atoms with Gasteiger partial charge in [-0.3, -0.25) is 9.48 Å². The number of hydrogen-bond acceptors (Lipinski definition) is 3. The van der Waals surface area contributed by atoms with Crippen molar-refractivity contribution >= 4 is 5.91 Å². The van der Waals surface area contributed by atoms with Crippen LogP contribution in [0, 0.1) is 0 Å². The highest BCUT2D eigenvalue weighted by Gasteiger charge is 2.13. The van der Waals surface area contributed by atoms with Gasteiger partial charge in [-0.15, -0.1) is 0 Å². The van der Waals surface area contributed by atoms with Crippen LogP contribution in [-0.2, 0) is 24.8 Å². The second-order valence-electron chi connectivity index (χ2n) is 4.49. The zero-order chi connectivity index (χ0) is 13.7. The van der Waals surface area contributed by atoms with Crippen molar-refractivity contribution in [1.82, 2.24) is 15.1 Å². The first-order valence-corrected chi connectivity index (χ1v) is 6.21. The van der Waals surface area contributed by atoms with Crippen LogP contribution in [0.25, 0.3) is 0 Å². The molecule has 1 atom stereocenters. The highest BCUT2D eigenvalue weighted by Crippen LogP contribution is 2.02. The highest BCUT2D eigenvalue weighted by atomic mass is 16.2. The van der Waals surface area contributed by atoms with Crippen LogP contribution < -0.4 is 11.1 Å². The number of nitrogens with one attached hydrogen (secondary N) is 1. The van der Waals surface area contributed by atoms with Crippen LogP contribution in [0.4, 0.5) is 0 Å². The van der Waals surface area contributed by atoms with Crippen molar-refractivity contribution in [2.75, 3.05) is 0 Å². The molecule has 100 valence electrons. The van der Waals surface area contributed by atoms with Gasteiger partial charge in [-0.2, -0.15) is 5.10 Å². The van der Waals surface area contributed by atoms with Crippen molar-refractivity contribution < 1.29 is 4.79 Å². The number of rotatable bonds is 5. The van der Waals surface area contributed by atoms with Crippen LogP contribution in [0.3, 0.4) is 0 Å². The Balaban J connectivity index is 1.82. The number of aromatic nitrogens is 2. The summed E-state index contributed by atoms with van der Waals surface area (Å²) in [5.41, 5.74) is 7.76. The number of nitrogens with two attached hydrogens (primary N) is 1. The molecule has 0 radical (unpaired) electrons. The van der Waals surface area contributed by atoms with Crippen LogP contribution in [0.1, 0.15) is 11.3 Å². The van der Waals surface area contributed by atoms with Crippen molar-refractivity contribution in [3.05, 3.63) is 53.9 Å². The maximum atomic E-state index is 11.9. The van der Waals surface area contributed by atoms with Gasteiger partial charge in [0.15, 0.2) is 0 Å². The largest absolute Gasteiger partial charge is 0.349 e. The Morgan fingerprint density at radius 1 is 1.37 bits per heavy atom. The summed E-state index contributed by atoms with van der Waals surface area (Å²) >= 11 is 0. The van der Waals surface area contributed by atoms with Crippen LogP contribution in [0.2, 0.25) is 0 Å². The van der Waals surface area contributed by atoms with E-state index < -0.39 is 6.04 Å². The zero-order valence-corrected chi connectivity index (χ0v) is 10.9. The fraction of sp³-hybridized carbons (Fsp3) is 0.286. The van der Waals surface area contributed by atoms with Gasteiger partial charge in [0.05, 0.1) is 18.3 Å². The Hall–Kier alpha value is -2.14. The van der Waals surface area contributed by atoms with Crippen LogP contribution in [-0.4, -0.2) is 21.7 Å². The minimum absolute atomic E-state index is 0.158.